The molecular weight excluding hydrogens is 214 g/mol. The van der Waals surface area contributed by atoms with Gasteiger partial charge >= 0.3 is 0 Å². The van der Waals surface area contributed by atoms with Crippen molar-refractivity contribution in [3.05, 3.63) is 0 Å². The number of carbonyl (C=O) groups is 2. The van der Waals surface area contributed by atoms with Crippen molar-refractivity contribution < 1.29 is 14.7 Å². The smallest absolute Gasteiger partial charge is 0.239 e. The summed E-state index contributed by atoms with van der Waals surface area (Å²) < 4.78 is 0. The van der Waals surface area contributed by atoms with Crippen LogP contribution in [-0.2, 0) is 9.59 Å². The van der Waals surface area contributed by atoms with E-state index in [2.05, 4.69) is 0 Å². The van der Waals surface area contributed by atoms with Crippen LogP contribution in [0.5, 0.6) is 0 Å². The van der Waals surface area contributed by atoms with Crippen LogP contribution >= 0.6 is 11.8 Å². The monoisotopic (exact) mass is 231 g/mol. The lowest BCUT2D eigenvalue weighted by molar-refractivity contribution is -0.142. The Morgan fingerprint density at radius 1 is 1.07 bits per heavy atom. The molecule has 86 valence electrons. The summed E-state index contributed by atoms with van der Waals surface area (Å²) in [5.41, 5.74) is 0. The average molecular weight is 231 g/mol. The van der Waals surface area contributed by atoms with Crippen molar-refractivity contribution in [2.75, 3.05) is 24.7 Å². The Labute approximate surface area is 94.0 Å². The highest BCUT2D eigenvalue weighted by Crippen LogP contribution is 2.13. The first kappa shape index (κ1) is 12.5. The normalized spacial score (nSPS) is 17.3. The zero-order chi connectivity index (χ0) is 11.1. The molecule has 0 spiro atoms. The highest BCUT2D eigenvalue weighted by Gasteiger charge is 2.25. The molecule has 1 heterocycles. The van der Waals surface area contributed by atoms with Crippen LogP contribution in [0.2, 0.25) is 0 Å². The predicted molar refractivity (Wildman–Crippen MR) is 59.6 cm³/mol. The molecule has 0 aromatic carbocycles. The van der Waals surface area contributed by atoms with Crippen molar-refractivity contribution in [3.63, 3.8) is 0 Å². The maximum Gasteiger partial charge on any atom is 0.239 e. The average Bonchev–Trinajstić information content (AvgIpc) is 2.21. The first-order chi connectivity index (χ1) is 7.25. The summed E-state index contributed by atoms with van der Waals surface area (Å²) in [6, 6.07) is 0. The van der Waals surface area contributed by atoms with Crippen LogP contribution in [0, 0.1) is 0 Å². The van der Waals surface area contributed by atoms with E-state index < -0.39 is 0 Å². The van der Waals surface area contributed by atoms with Crippen LogP contribution in [0.1, 0.15) is 25.7 Å². The molecule has 0 aromatic heterocycles. The van der Waals surface area contributed by atoms with Crippen molar-refractivity contribution in [2.45, 2.75) is 25.7 Å². The van der Waals surface area contributed by atoms with Crippen molar-refractivity contribution in [1.29, 1.82) is 0 Å². The maximum atomic E-state index is 11.4. The van der Waals surface area contributed by atoms with Gasteiger partial charge in [-0.1, -0.05) is 12.8 Å². The van der Waals surface area contributed by atoms with E-state index in [1.165, 1.54) is 16.7 Å². The van der Waals surface area contributed by atoms with Gasteiger partial charge in [0.2, 0.25) is 11.8 Å². The second-order valence-corrected chi connectivity index (χ2v) is 4.56. The van der Waals surface area contributed by atoms with Crippen molar-refractivity contribution in [2.24, 2.45) is 0 Å². The number of aliphatic hydroxyl groups excluding tert-OH is 1. The van der Waals surface area contributed by atoms with E-state index in [0.717, 1.165) is 25.7 Å². The number of imide groups is 1. The molecule has 15 heavy (non-hydrogen) atoms. The fourth-order valence-corrected chi connectivity index (χ4v) is 2.27. The van der Waals surface area contributed by atoms with E-state index in [4.69, 9.17) is 5.11 Å². The number of aliphatic hydroxyl groups is 1. The van der Waals surface area contributed by atoms with Crippen LogP contribution in [0.15, 0.2) is 0 Å². The lowest BCUT2D eigenvalue weighted by Crippen LogP contribution is -2.43. The quantitative estimate of drug-likeness (QED) is 0.538. The number of thioether (sulfide) groups is 1. The summed E-state index contributed by atoms with van der Waals surface area (Å²) in [5.74, 6) is 0.752. The molecule has 0 atom stereocenters. The van der Waals surface area contributed by atoms with Gasteiger partial charge in [-0.25, -0.2) is 0 Å². The highest BCUT2D eigenvalue weighted by atomic mass is 32.2. The van der Waals surface area contributed by atoms with E-state index in [0.29, 0.717) is 18.1 Å². The number of hydrogen-bond acceptors (Lipinski definition) is 4. The Morgan fingerprint density at radius 3 is 2.27 bits per heavy atom. The number of hydrogen-bond donors (Lipinski definition) is 1. The first-order valence-corrected chi connectivity index (χ1v) is 6.43. The van der Waals surface area contributed by atoms with E-state index in [1.54, 1.807) is 0 Å². The molecule has 1 saturated heterocycles. The van der Waals surface area contributed by atoms with Gasteiger partial charge in [-0.2, -0.15) is 0 Å². The molecule has 2 amide bonds. The Bertz CT molecular complexity index is 217. The largest absolute Gasteiger partial charge is 0.396 e. The zero-order valence-corrected chi connectivity index (χ0v) is 9.59. The number of nitrogens with zero attached hydrogens (tertiary/aromatic N) is 1. The molecule has 0 aliphatic carbocycles. The molecule has 0 saturated carbocycles. The van der Waals surface area contributed by atoms with Gasteiger partial charge in [-0.3, -0.25) is 14.5 Å². The number of carbonyl (C=O) groups excluding carboxylic acids is 2. The first-order valence-electron chi connectivity index (χ1n) is 5.27. The lowest BCUT2D eigenvalue weighted by Gasteiger charge is -2.24. The maximum absolute atomic E-state index is 11.4. The molecule has 1 aliphatic heterocycles. The summed E-state index contributed by atoms with van der Waals surface area (Å²) in [6.45, 7) is 0.766. The topological polar surface area (TPSA) is 57.6 Å². The molecule has 0 radical (unpaired) electrons. The molecule has 0 bridgehead atoms. The minimum atomic E-state index is -0.0570. The third-order valence-electron chi connectivity index (χ3n) is 2.34. The molecule has 1 aliphatic rings. The summed E-state index contributed by atoms with van der Waals surface area (Å²) in [4.78, 5) is 24.1. The third kappa shape index (κ3) is 4.22. The van der Waals surface area contributed by atoms with E-state index in [9.17, 15) is 9.59 Å². The molecule has 0 unspecified atom stereocenters. The van der Waals surface area contributed by atoms with Crippen molar-refractivity contribution >= 4 is 23.6 Å². The second-order valence-electron chi connectivity index (χ2n) is 3.57. The lowest BCUT2D eigenvalue weighted by atomic mass is 10.2. The molecule has 4 nitrogen and oxygen atoms in total. The zero-order valence-electron chi connectivity index (χ0n) is 8.78. The Hall–Kier alpha value is -0.550. The number of unbranched alkanes of at least 4 members (excludes halogenated alkanes) is 3. The molecule has 5 heteroatoms. The highest BCUT2D eigenvalue weighted by molar-refractivity contribution is 8.00. The van der Waals surface area contributed by atoms with Gasteiger partial charge in [0.25, 0.3) is 0 Å². The van der Waals surface area contributed by atoms with E-state index in [-0.39, 0.29) is 18.4 Å². The van der Waals surface area contributed by atoms with Gasteiger partial charge in [0.05, 0.1) is 11.5 Å². The minimum Gasteiger partial charge on any atom is -0.396 e. The number of amides is 2. The van der Waals surface area contributed by atoms with Gasteiger partial charge in [0, 0.05) is 13.2 Å². The van der Waals surface area contributed by atoms with Crippen molar-refractivity contribution in [1.82, 2.24) is 4.90 Å². The second kappa shape index (κ2) is 6.85. The van der Waals surface area contributed by atoms with Crippen LogP contribution in [0.4, 0.5) is 0 Å². The summed E-state index contributed by atoms with van der Waals surface area (Å²) in [5, 5.41) is 8.58. The molecule has 0 aromatic rings. The van der Waals surface area contributed by atoms with Crippen LogP contribution in [0.3, 0.4) is 0 Å². The standard InChI is InChI=1S/C10H17NO3S/c12-6-4-2-1-3-5-11-9(13)7-15-8-10(11)14/h12H,1-8H2. The van der Waals surface area contributed by atoms with Gasteiger partial charge in [-0.05, 0) is 12.8 Å². The van der Waals surface area contributed by atoms with Crippen molar-refractivity contribution in [3.8, 4) is 0 Å². The Morgan fingerprint density at radius 2 is 1.67 bits per heavy atom. The molecular formula is C10H17NO3S. The van der Waals surface area contributed by atoms with Crippen LogP contribution in [0.25, 0.3) is 0 Å². The van der Waals surface area contributed by atoms with Crippen LogP contribution in [-0.4, -0.2) is 46.5 Å². The number of rotatable bonds is 6. The Balaban J connectivity index is 2.18. The van der Waals surface area contributed by atoms with Gasteiger partial charge in [-0.15, -0.1) is 11.8 Å². The van der Waals surface area contributed by atoms with E-state index in [1.807, 2.05) is 0 Å². The fraction of sp³-hybridized carbons (Fsp3) is 0.800. The molecule has 1 fully saturated rings. The third-order valence-corrected chi connectivity index (χ3v) is 3.25. The van der Waals surface area contributed by atoms with E-state index >= 15 is 0 Å². The van der Waals surface area contributed by atoms with Gasteiger partial charge in [0.1, 0.15) is 0 Å². The fourth-order valence-electron chi connectivity index (χ4n) is 1.51. The van der Waals surface area contributed by atoms with Gasteiger partial charge < -0.3 is 5.11 Å². The van der Waals surface area contributed by atoms with Gasteiger partial charge in [0.15, 0.2) is 0 Å². The summed E-state index contributed by atoms with van der Waals surface area (Å²) in [7, 11) is 0. The minimum absolute atomic E-state index is 0.0570. The molecule has 1 N–H and O–H groups in total. The SMILES string of the molecule is O=C1CSCC(=O)N1CCCCCCO. The summed E-state index contributed by atoms with van der Waals surface area (Å²) >= 11 is 1.39. The predicted octanol–water partition coefficient (Wildman–Crippen LogP) is 0.641. The molecule has 1 rings (SSSR count). The van der Waals surface area contributed by atoms with Crippen LogP contribution < -0.4 is 0 Å². The Kier molecular flexibility index (Phi) is 5.71. The summed E-state index contributed by atoms with van der Waals surface area (Å²) in [6.07, 6.45) is 3.58.